The summed E-state index contributed by atoms with van der Waals surface area (Å²) in [7, 11) is 0. The fourth-order valence-electron chi connectivity index (χ4n) is 1.68. The first kappa shape index (κ1) is 11.4. The van der Waals surface area contributed by atoms with Crippen LogP contribution in [0.1, 0.15) is 47.0 Å². The van der Waals surface area contributed by atoms with Crippen molar-refractivity contribution in [3.63, 3.8) is 0 Å². The molecule has 0 heterocycles. The Morgan fingerprint density at radius 2 is 1.91 bits per heavy atom. The number of thiol groups is 1. The number of hydrogen-bond acceptors (Lipinski definition) is 1. The molecule has 11 heavy (non-hydrogen) atoms. The van der Waals surface area contributed by atoms with E-state index in [1.54, 1.807) is 0 Å². The highest BCUT2D eigenvalue weighted by Gasteiger charge is 2.21. The van der Waals surface area contributed by atoms with Gasteiger partial charge < -0.3 is 0 Å². The second-order valence-electron chi connectivity index (χ2n) is 4.24. The van der Waals surface area contributed by atoms with Crippen LogP contribution in [-0.2, 0) is 0 Å². The van der Waals surface area contributed by atoms with E-state index in [1.807, 2.05) is 0 Å². The summed E-state index contributed by atoms with van der Waals surface area (Å²) < 4.78 is 0. The summed E-state index contributed by atoms with van der Waals surface area (Å²) in [5, 5.41) is 0. The maximum absolute atomic E-state index is 4.29. The van der Waals surface area contributed by atoms with Gasteiger partial charge in [0.25, 0.3) is 0 Å². The molecule has 0 aromatic rings. The van der Waals surface area contributed by atoms with Crippen molar-refractivity contribution in [1.82, 2.24) is 0 Å². The fraction of sp³-hybridized carbons (Fsp3) is 1.00. The van der Waals surface area contributed by atoms with Gasteiger partial charge in [-0.15, -0.1) is 0 Å². The van der Waals surface area contributed by atoms with Crippen molar-refractivity contribution >= 4 is 12.6 Å². The summed E-state index contributed by atoms with van der Waals surface area (Å²) in [6, 6.07) is 0. The Morgan fingerprint density at radius 1 is 1.36 bits per heavy atom. The maximum atomic E-state index is 4.29. The van der Waals surface area contributed by atoms with Gasteiger partial charge in [-0.25, -0.2) is 0 Å². The second-order valence-corrected chi connectivity index (χ2v) is 4.68. The molecule has 0 radical (unpaired) electrons. The van der Waals surface area contributed by atoms with Crippen molar-refractivity contribution in [3.8, 4) is 0 Å². The van der Waals surface area contributed by atoms with Gasteiger partial charge in [0, 0.05) is 0 Å². The molecule has 1 heteroatoms. The van der Waals surface area contributed by atoms with Gasteiger partial charge in [-0.3, -0.25) is 0 Å². The zero-order chi connectivity index (χ0) is 8.91. The molecule has 0 saturated heterocycles. The van der Waals surface area contributed by atoms with Crippen molar-refractivity contribution in [3.05, 3.63) is 0 Å². The summed E-state index contributed by atoms with van der Waals surface area (Å²) in [4.78, 5) is 0. The van der Waals surface area contributed by atoms with Crippen molar-refractivity contribution in [1.29, 1.82) is 0 Å². The van der Waals surface area contributed by atoms with Gasteiger partial charge >= 0.3 is 0 Å². The van der Waals surface area contributed by atoms with Crippen molar-refractivity contribution in [2.75, 3.05) is 5.75 Å². The van der Waals surface area contributed by atoms with Crippen molar-refractivity contribution < 1.29 is 0 Å². The normalized spacial score (nSPS) is 16.9. The molecule has 0 N–H and O–H groups in total. The molecule has 0 rings (SSSR count). The minimum absolute atomic E-state index is 0.538. The summed E-state index contributed by atoms with van der Waals surface area (Å²) >= 11 is 4.29. The largest absolute Gasteiger partial charge is 0.179 e. The van der Waals surface area contributed by atoms with E-state index in [0.29, 0.717) is 5.41 Å². The highest BCUT2D eigenvalue weighted by atomic mass is 32.1. The van der Waals surface area contributed by atoms with Crippen LogP contribution in [0.4, 0.5) is 0 Å². The molecule has 1 unspecified atom stereocenters. The average molecular weight is 174 g/mol. The van der Waals surface area contributed by atoms with Gasteiger partial charge in [0.05, 0.1) is 0 Å². The molecule has 0 nitrogen and oxygen atoms in total. The first-order chi connectivity index (χ1) is 5.04. The molecular formula is C10H22S. The molecule has 0 amide bonds. The second kappa shape index (κ2) is 5.08. The van der Waals surface area contributed by atoms with Crippen LogP contribution in [0.3, 0.4) is 0 Å². The Morgan fingerprint density at radius 3 is 2.18 bits per heavy atom. The molecule has 0 aliphatic carbocycles. The van der Waals surface area contributed by atoms with E-state index in [2.05, 4.69) is 40.3 Å². The predicted molar refractivity (Wildman–Crippen MR) is 56.3 cm³/mol. The average Bonchev–Trinajstić information content (AvgIpc) is 1.87. The molecular weight excluding hydrogens is 152 g/mol. The maximum Gasteiger partial charge on any atom is -0.00927 e. The van der Waals surface area contributed by atoms with Crippen LogP contribution in [0.15, 0.2) is 0 Å². The Balaban J connectivity index is 3.87. The third-order valence-corrected chi connectivity index (χ3v) is 2.69. The molecule has 0 aliphatic rings. The lowest BCUT2D eigenvalue weighted by Crippen LogP contribution is -2.18. The number of rotatable bonds is 5. The molecule has 0 fully saturated rings. The zero-order valence-corrected chi connectivity index (χ0v) is 9.25. The van der Waals surface area contributed by atoms with E-state index in [0.717, 1.165) is 11.7 Å². The van der Waals surface area contributed by atoms with Crippen LogP contribution >= 0.6 is 12.6 Å². The molecule has 0 aromatic carbocycles. The smallest absolute Gasteiger partial charge is 0.00927 e. The number of hydrogen-bond donors (Lipinski definition) is 1. The zero-order valence-electron chi connectivity index (χ0n) is 8.35. The van der Waals surface area contributed by atoms with Gasteiger partial charge in [-0.1, -0.05) is 34.1 Å². The SMILES string of the molecule is CCC(C)(CCS)CC(C)C. The first-order valence-corrected chi connectivity index (χ1v) is 5.28. The van der Waals surface area contributed by atoms with Gasteiger partial charge in [0.15, 0.2) is 0 Å². The molecule has 0 bridgehead atoms. The topological polar surface area (TPSA) is 0 Å². The quantitative estimate of drug-likeness (QED) is 0.603. The summed E-state index contributed by atoms with van der Waals surface area (Å²) in [6.07, 6.45) is 3.88. The lowest BCUT2D eigenvalue weighted by molar-refractivity contribution is 0.239. The third kappa shape index (κ3) is 4.73. The molecule has 68 valence electrons. The van der Waals surface area contributed by atoms with Crippen LogP contribution in [-0.4, -0.2) is 5.75 Å². The Hall–Kier alpha value is 0.350. The highest BCUT2D eigenvalue weighted by molar-refractivity contribution is 7.80. The van der Waals surface area contributed by atoms with Crippen LogP contribution in [0.25, 0.3) is 0 Å². The van der Waals surface area contributed by atoms with Gasteiger partial charge in [0.1, 0.15) is 0 Å². The summed E-state index contributed by atoms with van der Waals surface area (Å²) in [5.41, 5.74) is 0.538. The fourth-order valence-corrected chi connectivity index (χ4v) is 2.22. The Bertz CT molecular complexity index is 99.0. The van der Waals surface area contributed by atoms with Crippen molar-refractivity contribution in [2.24, 2.45) is 11.3 Å². The summed E-state index contributed by atoms with van der Waals surface area (Å²) in [6.45, 7) is 9.26. The minimum atomic E-state index is 0.538. The van der Waals surface area contributed by atoms with E-state index in [9.17, 15) is 0 Å². The molecule has 0 aromatic heterocycles. The predicted octanol–water partition coefficient (Wildman–Crippen LogP) is 3.77. The monoisotopic (exact) mass is 174 g/mol. The van der Waals surface area contributed by atoms with E-state index >= 15 is 0 Å². The minimum Gasteiger partial charge on any atom is -0.179 e. The van der Waals surface area contributed by atoms with Gasteiger partial charge in [-0.2, -0.15) is 12.6 Å². The first-order valence-electron chi connectivity index (χ1n) is 4.65. The molecule has 0 spiro atoms. The van der Waals surface area contributed by atoms with Gasteiger partial charge in [-0.05, 0) is 29.9 Å². The molecule has 0 saturated carbocycles. The van der Waals surface area contributed by atoms with Gasteiger partial charge in [0.2, 0.25) is 0 Å². The van der Waals surface area contributed by atoms with Crippen LogP contribution in [0.2, 0.25) is 0 Å². The van der Waals surface area contributed by atoms with Crippen LogP contribution in [0.5, 0.6) is 0 Å². The van der Waals surface area contributed by atoms with E-state index in [1.165, 1.54) is 19.3 Å². The van der Waals surface area contributed by atoms with Crippen LogP contribution in [0, 0.1) is 11.3 Å². The van der Waals surface area contributed by atoms with E-state index in [4.69, 9.17) is 0 Å². The highest BCUT2D eigenvalue weighted by Crippen LogP contribution is 2.33. The van der Waals surface area contributed by atoms with E-state index in [-0.39, 0.29) is 0 Å². The molecule has 0 aliphatic heterocycles. The van der Waals surface area contributed by atoms with Crippen LogP contribution < -0.4 is 0 Å². The summed E-state index contributed by atoms with van der Waals surface area (Å²) in [5.74, 6) is 1.84. The lowest BCUT2D eigenvalue weighted by atomic mass is 9.78. The standard InChI is InChI=1S/C10H22S/c1-5-10(4,6-7-11)8-9(2)3/h9,11H,5-8H2,1-4H3. The Kier molecular flexibility index (Phi) is 5.24. The lowest BCUT2D eigenvalue weighted by Gasteiger charge is -2.29. The third-order valence-electron chi connectivity index (χ3n) is 2.47. The Labute approximate surface area is 77.2 Å². The van der Waals surface area contributed by atoms with E-state index < -0.39 is 0 Å². The van der Waals surface area contributed by atoms with Crippen molar-refractivity contribution in [2.45, 2.75) is 47.0 Å². The molecule has 1 atom stereocenters.